The van der Waals surface area contributed by atoms with Crippen LogP contribution in [0, 0.1) is 6.92 Å². The molecule has 0 aliphatic carbocycles. The van der Waals surface area contributed by atoms with Gasteiger partial charge in [0.2, 0.25) is 0 Å². The summed E-state index contributed by atoms with van der Waals surface area (Å²) in [4.78, 5) is 0.175. The van der Waals surface area contributed by atoms with E-state index in [2.05, 4.69) is 57.8 Å². The fraction of sp³-hybridized carbons (Fsp3) is 0.571. The van der Waals surface area contributed by atoms with Gasteiger partial charge in [0.15, 0.2) is 0 Å². The molecule has 1 heterocycles. The first-order valence-corrected chi connectivity index (χ1v) is 7.87. The fourth-order valence-corrected chi connectivity index (χ4v) is 3.42. The molecule has 2 nitrogen and oxygen atoms in total. The van der Waals surface area contributed by atoms with E-state index in [0.717, 1.165) is 28.6 Å². The smallest absolute Gasteiger partial charge is 0.123 e. The van der Waals surface area contributed by atoms with Gasteiger partial charge in [0.1, 0.15) is 5.75 Å². The molecule has 0 radical (unpaired) electrons. The Balaban J connectivity index is 2.29. The van der Waals surface area contributed by atoms with Crippen LogP contribution in [0.5, 0.6) is 5.75 Å². The maximum absolute atomic E-state index is 5.93. The molecular formula is C14H18Br2O2. The Hall–Kier alpha value is -0.0600. The van der Waals surface area contributed by atoms with E-state index in [1.54, 1.807) is 7.11 Å². The van der Waals surface area contributed by atoms with Crippen LogP contribution in [0.4, 0.5) is 0 Å². The van der Waals surface area contributed by atoms with Gasteiger partial charge in [-0.3, -0.25) is 0 Å². The Morgan fingerprint density at radius 1 is 1.39 bits per heavy atom. The molecule has 3 unspecified atom stereocenters. The van der Waals surface area contributed by atoms with E-state index in [1.165, 1.54) is 5.56 Å². The second-order valence-electron chi connectivity index (χ2n) is 4.81. The lowest BCUT2D eigenvalue weighted by molar-refractivity contribution is 0.0553. The Kier molecular flexibility index (Phi) is 4.73. The van der Waals surface area contributed by atoms with Crippen LogP contribution in [-0.4, -0.2) is 19.3 Å². The molecule has 0 aromatic heterocycles. The van der Waals surface area contributed by atoms with Crippen molar-refractivity contribution in [1.29, 1.82) is 0 Å². The van der Waals surface area contributed by atoms with Crippen LogP contribution in [-0.2, 0) is 4.74 Å². The van der Waals surface area contributed by atoms with Gasteiger partial charge < -0.3 is 9.47 Å². The van der Waals surface area contributed by atoms with Crippen LogP contribution in [0.3, 0.4) is 0 Å². The van der Waals surface area contributed by atoms with Crippen molar-refractivity contribution in [2.45, 2.75) is 43.7 Å². The Labute approximate surface area is 125 Å². The zero-order chi connectivity index (χ0) is 13.3. The highest BCUT2D eigenvalue weighted by molar-refractivity contribution is 9.10. The van der Waals surface area contributed by atoms with E-state index in [9.17, 15) is 0 Å². The summed E-state index contributed by atoms with van der Waals surface area (Å²) in [6.07, 6.45) is 2.80. The van der Waals surface area contributed by atoms with Gasteiger partial charge in [-0.25, -0.2) is 0 Å². The Morgan fingerprint density at radius 2 is 2.11 bits per heavy atom. The normalized spacial score (nSPS) is 25.2. The molecule has 3 atom stereocenters. The monoisotopic (exact) mass is 376 g/mol. The summed E-state index contributed by atoms with van der Waals surface area (Å²) in [5, 5.41) is 0. The molecular weight excluding hydrogens is 360 g/mol. The molecule has 0 spiro atoms. The van der Waals surface area contributed by atoms with E-state index >= 15 is 0 Å². The highest BCUT2D eigenvalue weighted by atomic mass is 79.9. The molecule has 4 heteroatoms. The minimum Gasteiger partial charge on any atom is -0.496 e. The second-order valence-corrected chi connectivity index (χ2v) is 6.65. The summed E-state index contributed by atoms with van der Waals surface area (Å²) in [7, 11) is 1.71. The lowest BCUT2D eigenvalue weighted by Crippen LogP contribution is -2.15. The van der Waals surface area contributed by atoms with Gasteiger partial charge in [0, 0.05) is 10.0 Å². The van der Waals surface area contributed by atoms with Crippen molar-refractivity contribution >= 4 is 31.9 Å². The first-order valence-electron chi connectivity index (χ1n) is 6.16. The fourth-order valence-electron chi connectivity index (χ4n) is 2.31. The van der Waals surface area contributed by atoms with Gasteiger partial charge in [0.25, 0.3) is 0 Å². The van der Waals surface area contributed by atoms with E-state index in [-0.39, 0.29) is 10.9 Å². The van der Waals surface area contributed by atoms with Crippen molar-refractivity contribution in [3.63, 3.8) is 0 Å². The number of methoxy groups -OCH3 is 1. The minimum atomic E-state index is 0.175. The van der Waals surface area contributed by atoms with Crippen LogP contribution >= 0.6 is 31.9 Å². The van der Waals surface area contributed by atoms with Crippen molar-refractivity contribution in [3.8, 4) is 5.75 Å². The number of halogens is 2. The molecule has 1 aliphatic heterocycles. The van der Waals surface area contributed by atoms with Gasteiger partial charge in [-0.1, -0.05) is 31.9 Å². The third-order valence-corrected chi connectivity index (χ3v) is 5.34. The zero-order valence-electron chi connectivity index (χ0n) is 10.9. The first-order chi connectivity index (χ1) is 8.52. The molecule has 0 N–H and O–H groups in total. The molecule has 1 fully saturated rings. The third kappa shape index (κ3) is 2.91. The van der Waals surface area contributed by atoms with Crippen molar-refractivity contribution in [2.24, 2.45) is 0 Å². The van der Waals surface area contributed by atoms with E-state index in [4.69, 9.17) is 9.47 Å². The number of benzene rings is 1. The highest BCUT2D eigenvalue weighted by Crippen LogP contribution is 2.41. The molecule has 0 amide bonds. The number of ether oxygens (including phenoxy) is 2. The van der Waals surface area contributed by atoms with E-state index < -0.39 is 0 Å². The summed E-state index contributed by atoms with van der Waals surface area (Å²) in [5.74, 6) is 0.917. The molecule has 0 bridgehead atoms. The van der Waals surface area contributed by atoms with Gasteiger partial charge in [-0.2, -0.15) is 0 Å². The van der Waals surface area contributed by atoms with Gasteiger partial charge in [-0.05, 0) is 44.4 Å². The van der Waals surface area contributed by atoms with Crippen molar-refractivity contribution in [2.75, 3.05) is 7.11 Å². The molecule has 100 valence electrons. The predicted molar refractivity (Wildman–Crippen MR) is 80.7 cm³/mol. The average molecular weight is 378 g/mol. The summed E-state index contributed by atoms with van der Waals surface area (Å²) in [5.41, 5.74) is 2.32. The van der Waals surface area contributed by atoms with E-state index in [1.807, 2.05) is 0 Å². The van der Waals surface area contributed by atoms with Crippen LogP contribution in [0.15, 0.2) is 16.6 Å². The molecule has 1 aromatic rings. The number of hydrogen-bond donors (Lipinski definition) is 0. The topological polar surface area (TPSA) is 18.5 Å². The number of alkyl halides is 1. The minimum absolute atomic E-state index is 0.175. The first kappa shape index (κ1) is 14.4. The standard InChI is InChI=1S/C14H18Br2O2/c1-8-6-13(17-3)10(7-11(8)15)14(16)12-5-4-9(2)18-12/h6-7,9,12,14H,4-5H2,1-3H3. The largest absolute Gasteiger partial charge is 0.496 e. The molecule has 1 aromatic carbocycles. The van der Waals surface area contributed by atoms with E-state index in [0.29, 0.717) is 6.10 Å². The van der Waals surface area contributed by atoms with Gasteiger partial charge in [-0.15, -0.1) is 0 Å². The van der Waals surface area contributed by atoms with Crippen LogP contribution in [0.25, 0.3) is 0 Å². The van der Waals surface area contributed by atoms with Crippen molar-refractivity contribution in [1.82, 2.24) is 0 Å². The summed E-state index contributed by atoms with van der Waals surface area (Å²) >= 11 is 7.35. The second kappa shape index (κ2) is 5.93. The summed E-state index contributed by atoms with van der Waals surface area (Å²) < 4.78 is 12.5. The highest BCUT2D eigenvalue weighted by Gasteiger charge is 2.30. The maximum Gasteiger partial charge on any atom is 0.123 e. The molecule has 0 saturated carbocycles. The third-order valence-electron chi connectivity index (χ3n) is 3.40. The zero-order valence-corrected chi connectivity index (χ0v) is 14.0. The molecule has 1 saturated heterocycles. The molecule has 18 heavy (non-hydrogen) atoms. The lowest BCUT2D eigenvalue weighted by atomic mass is 10.0. The average Bonchev–Trinajstić information content (AvgIpc) is 2.78. The van der Waals surface area contributed by atoms with Crippen molar-refractivity contribution < 1.29 is 9.47 Å². The van der Waals surface area contributed by atoms with Crippen LogP contribution < -0.4 is 4.74 Å². The lowest BCUT2D eigenvalue weighted by Gasteiger charge is -2.21. The summed E-state index contributed by atoms with van der Waals surface area (Å²) in [6.45, 7) is 4.19. The van der Waals surface area contributed by atoms with Crippen LogP contribution in [0.2, 0.25) is 0 Å². The SMILES string of the molecule is COc1cc(C)c(Br)cc1C(Br)C1CCC(C)O1. The predicted octanol–water partition coefficient (Wildman–Crippen LogP) is 4.77. The maximum atomic E-state index is 5.93. The Bertz CT molecular complexity index is 434. The van der Waals surface area contributed by atoms with Crippen LogP contribution in [0.1, 0.15) is 35.7 Å². The quantitative estimate of drug-likeness (QED) is 0.706. The number of aryl methyl sites for hydroxylation is 1. The van der Waals surface area contributed by atoms with Crippen molar-refractivity contribution in [3.05, 3.63) is 27.7 Å². The molecule has 1 aliphatic rings. The number of hydrogen-bond acceptors (Lipinski definition) is 2. The Morgan fingerprint density at radius 3 is 2.67 bits per heavy atom. The molecule has 2 rings (SSSR count). The summed E-state index contributed by atoms with van der Waals surface area (Å²) in [6, 6.07) is 4.19. The van der Waals surface area contributed by atoms with Gasteiger partial charge >= 0.3 is 0 Å². The van der Waals surface area contributed by atoms with Gasteiger partial charge in [0.05, 0.1) is 24.1 Å². The number of rotatable bonds is 3.